The summed E-state index contributed by atoms with van der Waals surface area (Å²) in [5.41, 5.74) is 3.09. The number of carbonyl (C=O) groups excluding carboxylic acids is 1. The molecule has 0 radical (unpaired) electrons. The highest BCUT2D eigenvalue weighted by atomic mass is 79.9. The van der Waals surface area contributed by atoms with Gasteiger partial charge in [-0.1, -0.05) is 22.4 Å². The molecule has 1 fully saturated rings. The third-order valence-corrected chi connectivity index (χ3v) is 4.77. The van der Waals surface area contributed by atoms with E-state index in [9.17, 15) is 4.79 Å². The molecule has 102 valence electrons. The second-order valence-corrected chi connectivity index (χ2v) is 6.67. The lowest BCUT2D eigenvalue weighted by Gasteiger charge is -2.34. The Kier molecular flexibility index (Phi) is 3.39. The highest BCUT2D eigenvalue weighted by Gasteiger charge is 2.33. The van der Waals surface area contributed by atoms with E-state index in [1.54, 1.807) is 0 Å². The second kappa shape index (κ2) is 4.91. The van der Waals surface area contributed by atoms with Gasteiger partial charge in [-0.25, -0.2) is 5.01 Å². The molecule has 1 amide bonds. The van der Waals surface area contributed by atoms with Crippen molar-refractivity contribution >= 4 is 21.8 Å². The fourth-order valence-electron chi connectivity index (χ4n) is 3.03. The van der Waals surface area contributed by atoms with Gasteiger partial charge in [0.05, 0.1) is 6.54 Å². The smallest absolute Gasteiger partial charge is 0.268 e. The normalized spacial score (nSPS) is 18.9. The molecule has 0 unspecified atom stereocenters. The van der Waals surface area contributed by atoms with Gasteiger partial charge in [-0.2, -0.15) is 0 Å². The van der Waals surface area contributed by atoms with Gasteiger partial charge in [0.25, 0.3) is 5.91 Å². The van der Waals surface area contributed by atoms with E-state index in [1.165, 1.54) is 19.3 Å². The van der Waals surface area contributed by atoms with Crippen molar-refractivity contribution in [3.05, 3.63) is 33.3 Å². The Morgan fingerprint density at radius 1 is 1.42 bits per heavy atom. The molecule has 4 heteroatoms. The fraction of sp³-hybridized carbons (Fsp3) is 0.533. The molecule has 0 aromatic heterocycles. The second-order valence-electron chi connectivity index (χ2n) is 5.76. The summed E-state index contributed by atoms with van der Waals surface area (Å²) in [6.07, 6.45) is 3.96. The average Bonchev–Trinajstić information content (AvgIpc) is 2.61. The highest BCUT2D eigenvalue weighted by molar-refractivity contribution is 9.10. The highest BCUT2D eigenvalue weighted by Crippen LogP contribution is 2.32. The van der Waals surface area contributed by atoms with Crippen LogP contribution in [0.1, 0.15) is 40.7 Å². The zero-order valence-corrected chi connectivity index (χ0v) is 13.0. The Hall–Kier alpha value is -0.870. The maximum Gasteiger partial charge on any atom is 0.269 e. The number of halogens is 1. The lowest BCUT2D eigenvalue weighted by molar-refractivity contribution is -0.00793. The van der Waals surface area contributed by atoms with Crippen molar-refractivity contribution in [3.8, 4) is 0 Å². The van der Waals surface area contributed by atoms with Crippen LogP contribution < -0.4 is 0 Å². The molecule has 1 aliphatic carbocycles. The van der Waals surface area contributed by atoms with Crippen LogP contribution in [0.2, 0.25) is 0 Å². The van der Waals surface area contributed by atoms with Gasteiger partial charge in [0.1, 0.15) is 0 Å². The van der Waals surface area contributed by atoms with Gasteiger partial charge < -0.3 is 0 Å². The monoisotopic (exact) mass is 322 g/mol. The van der Waals surface area contributed by atoms with Crippen LogP contribution in [0.15, 0.2) is 16.6 Å². The predicted molar refractivity (Wildman–Crippen MR) is 78.7 cm³/mol. The molecule has 2 aliphatic rings. The van der Waals surface area contributed by atoms with Crippen molar-refractivity contribution in [2.45, 2.75) is 32.7 Å². The van der Waals surface area contributed by atoms with E-state index in [1.807, 2.05) is 25.0 Å². The molecule has 1 saturated carbocycles. The van der Waals surface area contributed by atoms with Crippen LogP contribution in [-0.2, 0) is 6.54 Å². The summed E-state index contributed by atoms with van der Waals surface area (Å²) >= 11 is 3.51. The van der Waals surface area contributed by atoms with Crippen molar-refractivity contribution in [2.75, 3.05) is 13.6 Å². The van der Waals surface area contributed by atoms with Crippen molar-refractivity contribution in [1.82, 2.24) is 10.0 Å². The van der Waals surface area contributed by atoms with Gasteiger partial charge in [-0.15, -0.1) is 0 Å². The van der Waals surface area contributed by atoms with E-state index < -0.39 is 0 Å². The molecule has 1 aromatic rings. The van der Waals surface area contributed by atoms with Gasteiger partial charge in [0, 0.05) is 23.6 Å². The van der Waals surface area contributed by atoms with E-state index >= 15 is 0 Å². The van der Waals surface area contributed by atoms with Gasteiger partial charge >= 0.3 is 0 Å². The summed E-state index contributed by atoms with van der Waals surface area (Å²) in [4.78, 5) is 12.5. The summed E-state index contributed by atoms with van der Waals surface area (Å²) in [5.74, 6) is 0.927. The van der Waals surface area contributed by atoms with E-state index in [2.05, 4.69) is 27.0 Å². The third kappa shape index (κ3) is 2.32. The van der Waals surface area contributed by atoms with E-state index in [0.29, 0.717) is 6.54 Å². The average molecular weight is 323 g/mol. The number of amides is 1. The number of hydrazine groups is 1. The van der Waals surface area contributed by atoms with Gasteiger partial charge in [-0.3, -0.25) is 9.80 Å². The number of fused-ring (bicyclic) bond motifs is 1. The molecule has 0 spiro atoms. The van der Waals surface area contributed by atoms with E-state index in [0.717, 1.165) is 33.6 Å². The van der Waals surface area contributed by atoms with Crippen LogP contribution in [0.25, 0.3) is 0 Å². The van der Waals surface area contributed by atoms with Gasteiger partial charge in [0.2, 0.25) is 0 Å². The Balaban J connectivity index is 1.80. The first kappa shape index (κ1) is 13.1. The first-order valence-corrected chi connectivity index (χ1v) is 7.67. The molecule has 1 aliphatic heterocycles. The minimum absolute atomic E-state index is 0.154. The Morgan fingerprint density at radius 3 is 2.79 bits per heavy atom. The fourth-order valence-corrected chi connectivity index (χ4v) is 3.65. The number of hydrogen-bond acceptors (Lipinski definition) is 2. The predicted octanol–water partition coefficient (Wildman–Crippen LogP) is 3.36. The SMILES string of the molecule is Cc1cc(Br)cc2c1C(=O)N(N(C)CC1CCC1)C2. The van der Waals surface area contributed by atoms with E-state index in [-0.39, 0.29) is 5.91 Å². The summed E-state index contributed by atoms with van der Waals surface area (Å²) in [5, 5.41) is 4.00. The third-order valence-electron chi connectivity index (χ3n) is 4.31. The number of rotatable bonds is 3. The Morgan fingerprint density at radius 2 is 2.16 bits per heavy atom. The maximum atomic E-state index is 12.5. The molecule has 19 heavy (non-hydrogen) atoms. The van der Waals surface area contributed by atoms with Crippen molar-refractivity contribution in [2.24, 2.45) is 5.92 Å². The number of nitrogens with zero attached hydrogens (tertiary/aromatic N) is 2. The number of hydrogen-bond donors (Lipinski definition) is 0. The van der Waals surface area contributed by atoms with Crippen LogP contribution in [0.5, 0.6) is 0 Å². The van der Waals surface area contributed by atoms with Crippen LogP contribution in [0, 0.1) is 12.8 Å². The van der Waals surface area contributed by atoms with Crippen LogP contribution in [-0.4, -0.2) is 29.5 Å². The summed E-state index contributed by atoms with van der Waals surface area (Å²) < 4.78 is 1.06. The Bertz CT molecular complexity index is 525. The Labute approximate surface area is 122 Å². The first-order valence-electron chi connectivity index (χ1n) is 6.88. The molecule has 1 aromatic carbocycles. The van der Waals surface area contributed by atoms with Crippen molar-refractivity contribution < 1.29 is 4.79 Å². The zero-order valence-electron chi connectivity index (χ0n) is 11.4. The maximum absolute atomic E-state index is 12.5. The molecule has 0 saturated heterocycles. The molecule has 0 bridgehead atoms. The molecular formula is C15H19BrN2O. The zero-order chi connectivity index (χ0) is 13.6. The van der Waals surface area contributed by atoms with Crippen LogP contribution in [0.4, 0.5) is 0 Å². The standard InChI is InChI=1S/C15H19BrN2O/c1-10-6-13(16)7-12-9-18(15(19)14(10)12)17(2)8-11-4-3-5-11/h6-7,11H,3-5,8-9H2,1-2H3. The number of benzene rings is 1. The van der Waals surface area contributed by atoms with Crippen LogP contribution >= 0.6 is 15.9 Å². The largest absolute Gasteiger partial charge is 0.269 e. The van der Waals surface area contributed by atoms with Crippen molar-refractivity contribution in [1.29, 1.82) is 0 Å². The number of carbonyl (C=O) groups is 1. The lowest BCUT2D eigenvalue weighted by Crippen LogP contribution is -2.43. The summed E-state index contributed by atoms with van der Waals surface area (Å²) in [6, 6.07) is 4.09. The number of aryl methyl sites for hydroxylation is 1. The van der Waals surface area contributed by atoms with Crippen LogP contribution in [0.3, 0.4) is 0 Å². The minimum atomic E-state index is 0.154. The summed E-state index contributed by atoms with van der Waals surface area (Å²) in [7, 11) is 2.03. The summed E-state index contributed by atoms with van der Waals surface area (Å²) in [6.45, 7) is 3.72. The van der Waals surface area contributed by atoms with Gasteiger partial charge in [-0.05, 0) is 48.9 Å². The molecule has 1 heterocycles. The minimum Gasteiger partial charge on any atom is -0.268 e. The molecule has 0 atom stereocenters. The molecule has 3 rings (SSSR count). The van der Waals surface area contributed by atoms with Gasteiger partial charge in [0.15, 0.2) is 0 Å². The molecule has 0 N–H and O–H groups in total. The lowest BCUT2D eigenvalue weighted by atomic mass is 9.85. The first-order chi connectivity index (χ1) is 9.06. The quantitative estimate of drug-likeness (QED) is 0.851. The topological polar surface area (TPSA) is 23.6 Å². The van der Waals surface area contributed by atoms with E-state index in [4.69, 9.17) is 0 Å². The van der Waals surface area contributed by atoms with Crippen molar-refractivity contribution in [3.63, 3.8) is 0 Å². The molecular weight excluding hydrogens is 304 g/mol. The molecule has 3 nitrogen and oxygen atoms in total.